The number of unbranched alkanes of at least 4 members (excludes halogenated alkanes) is 1. The summed E-state index contributed by atoms with van der Waals surface area (Å²) >= 11 is 0. The molecule has 1 heterocycles. The zero-order valence-corrected chi connectivity index (χ0v) is 17.2. The summed E-state index contributed by atoms with van der Waals surface area (Å²) in [6, 6.07) is 6.07. The van der Waals surface area contributed by atoms with Crippen LogP contribution in [0.1, 0.15) is 43.7 Å². The third-order valence-electron chi connectivity index (χ3n) is 4.44. The number of hydrogen-bond donors (Lipinski definition) is 4. The van der Waals surface area contributed by atoms with Crippen LogP contribution in [0.5, 0.6) is 0 Å². The average Bonchev–Trinajstić information content (AvgIpc) is 3.20. The number of nitrogens with one attached hydrogen (secondary N) is 2. The van der Waals surface area contributed by atoms with Crippen molar-refractivity contribution in [3.8, 4) is 0 Å². The molecule has 0 unspecified atom stereocenters. The van der Waals surface area contributed by atoms with Gasteiger partial charge in [-0.25, -0.2) is 9.59 Å². The van der Waals surface area contributed by atoms with Gasteiger partial charge in [-0.1, -0.05) is 42.8 Å². The van der Waals surface area contributed by atoms with Crippen LogP contribution in [0.15, 0.2) is 34.5 Å². The van der Waals surface area contributed by atoms with Gasteiger partial charge in [-0.3, -0.25) is 4.79 Å². The molecular formula is C20H27N5O6. The Morgan fingerprint density at radius 1 is 1.39 bits per heavy atom. The molecule has 1 aliphatic heterocycles. The molecule has 2 rings (SSSR count). The fourth-order valence-electron chi connectivity index (χ4n) is 2.74. The molecule has 11 nitrogen and oxygen atoms in total. The smallest absolute Gasteiger partial charge is 0.407 e. The van der Waals surface area contributed by atoms with Gasteiger partial charge in [0.1, 0.15) is 12.1 Å². The maximum atomic E-state index is 12.2. The standard InChI is InChI=1S/C20H27N5O6/c1-2-3-8-30-20(29)24-17(19(27)28)12-22-18(26)10-15-9-16(25-31-15)14-6-4-13(5-7-14)11-23-21/h4-7,11,15,17H,2-3,8-10,12,21H2,1H3,(H,22,26)(H,24,29)(H,27,28)/t15-,17+/m1/s1. The topological polar surface area (TPSA) is 165 Å². The van der Waals surface area contributed by atoms with Crippen LogP contribution in [0, 0.1) is 0 Å². The number of hydrazone groups is 1. The highest BCUT2D eigenvalue weighted by molar-refractivity contribution is 6.02. The van der Waals surface area contributed by atoms with Crippen LogP contribution >= 0.6 is 0 Å². The van der Waals surface area contributed by atoms with E-state index >= 15 is 0 Å². The van der Waals surface area contributed by atoms with E-state index in [0.29, 0.717) is 18.6 Å². The Morgan fingerprint density at radius 3 is 2.77 bits per heavy atom. The van der Waals surface area contributed by atoms with Crippen molar-refractivity contribution < 1.29 is 29.1 Å². The fourth-order valence-corrected chi connectivity index (χ4v) is 2.74. The van der Waals surface area contributed by atoms with Crippen molar-refractivity contribution in [2.75, 3.05) is 13.2 Å². The Labute approximate surface area is 179 Å². The molecule has 0 aromatic heterocycles. The number of carbonyl (C=O) groups is 3. The number of carboxylic acids is 1. The van der Waals surface area contributed by atoms with Gasteiger partial charge in [-0.2, -0.15) is 5.10 Å². The number of nitrogens with two attached hydrogens (primary N) is 1. The van der Waals surface area contributed by atoms with Crippen molar-refractivity contribution in [1.29, 1.82) is 0 Å². The quantitative estimate of drug-likeness (QED) is 0.175. The molecule has 0 saturated heterocycles. The van der Waals surface area contributed by atoms with E-state index in [2.05, 4.69) is 20.9 Å². The van der Waals surface area contributed by atoms with Gasteiger partial charge in [0.2, 0.25) is 5.91 Å². The van der Waals surface area contributed by atoms with Gasteiger partial charge in [-0.15, -0.1) is 0 Å². The van der Waals surface area contributed by atoms with Gasteiger partial charge in [-0.05, 0) is 17.5 Å². The lowest BCUT2D eigenvalue weighted by molar-refractivity contribution is -0.139. The normalized spacial score (nSPS) is 16.3. The summed E-state index contributed by atoms with van der Waals surface area (Å²) in [4.78, 5) is 40.4. The number of nitrogens with zero attached hydrogens (tertiary/aromatic N) is 2. The van der Waals surface area contributed by atoms with Crippen LogP contribution in [0.2, 0.25) is 0 Å². The molecule has 2 atom stereocenters. The zero-order valence-electron chi connectivity index (χ0n) is 17.2. The van der Waals surface area contributed by atoms with E-state index < -0.39 is 30.1 Å². The van der Waals surface area contributed by atoms with Crippen LogP contribution in [0.4, 0.5) is 4.79 Å². The first-order chi connectivity index (χ1) is 14.9. The second kappa shape index (κ2) is 12.2. The van der Waals surface area contributed by atoms with E-state index in [1.807, 2.05) is 31.2 Å². The maximum Gasteiger partial charge on any atom is 0.407 e. The largest absolute Gasteiger partial charge is 0.480 e. The number of oxime groups is 1. The highest BCUT2D eigenvalue weighted by Gasteiger charge is 2.26. The SMILES string of the molecule is CCCCOC(=O)N[C@@H](CNC(=O)C[C@H]1CC(c2ccc(C=NN)cc2)=NO1)C(=O)O. The molecular weight excluding hydrogens is 406 g/mol. The van der Waals surface area contributed by atoms with E-state index in [4.69, 9.17) is 15.4 Å². The number of aliphatic carboxylic acids is 1. The zero-order chi connectivity index (χ0) is 22.6. The Morgan fingerprint density at radius 2 is 2.13 bits per heavy atom. The third kappa shape index (κ3) is 7.96. The van der Waals surface area contributed by atoms with Crippen molar-refractivity contribution in [2.45, 2.75) is 44.8 Å². The fraction of sp³-hybridized carbons (Fsp3) is 0.450. The molecule has 1 aromatic carbocycles. The number of hydrogen-bond acceptors (Lipinski definition) is 8. The predicted molar refractivity (Wildman–Crippen MR) is 113 cm³/mol. The lowest BCUT2D eigenvalue weighted by atomic mass is 10.0. The molecule has 0 spiro atoms. The number of alkyl carbamates (subject to hydrolysis) is 1. The van der Waals surface area contributed by atoms with Crippen molar-refractivity contribution in [2.24, 2.45) is 16.1 Å². The van der Waals surface area contributed by atoms with Crippen LogP contribution < -0.4 is 16.5 Å². The summed E-state index contributed by atoms with van der Waals surface area (Å²) in [5.41, 5.74) is 2.40. The van der Waals surface area contributed by atoms with Crippen LogP contribution in [-0.4, -0.2) is 60.3 Å². The molecule has 0 aliphatic carbocycles. The Balaban J connectivity index is 1.76. The minimum atomic E-state index is -1.30. The number of carboxylic acid groups (broad SMARTS) is 1. The molecule has 1 aromatic rings. The number of ether oxygens (including phenoxy) is 1. The molecule has 0 bridgehead atoms. The summed E-state index contributed by atoms with van der Waals surface area (Å²) in [5.74, 6) is 3.43. The van der Waals surface area contributed by atoms with Crippen molar-refractivity contribution in [3.63, 3.8) is 0 Å². The van der Waals surface area contributed by atoms with Crippen molar-refractivity contribution >= 4 is 29.9 Å². The third-order valence-corrected chi connectivity index (χ3v) is 4.44. The first kappa shape index (κ1) is 23.6. The van der Waals surface area contributed by atoms with E-state index in [1.165, 1.54) is 6.21 Å². The average molecular weight is 433 g/mol. The van der Waals surface area contributed by atoms with Gasteiger partial charge < -0.3 is 31.2 Å². The molecule has 0 fully saturated rings. The van der Waals surface area contributed by atoms with E-state index in [9.17, 15) is 19.5 Å². The predicted octanol–water partition coefficient (Wildman–Crippen LogP) is 0.958. The Kier molecular flexibility index (Phi) is 9.27. The molecule has 1 aliphatic rings. The highest BCUT2D eigenvalue weighted by Crippen LogP contribution is 2.19. The second-order valence-electron chi connectivity index (χ2n) is 6.90. The molecule has 0 radical (unpaired) electrons. The molecule has 2 amide bonds. The summed E-state index contributed by atoms with van der Waals surface area (Å²) in [6.45, 7) is 1.86. The highest BCUT2D eigenvalue weighted by atomic mass is 16.6. The van der Waals surface area contributed by atoms with E-state index in [1.54, 1.807) is 0 Å². The van der Waals surface area contributed by atoms with Crippen LogP contribution in [-0.2, 0) is 19.2 Å². The number of benzene rings is 1. The van der Waals surface area contributed by atoms with Crippen LogP contribution in [0.3, 0.4) is 0 Å². The lowest BCUT2D eigenvalue weighted by Crippen LogP contribution is -2.48. The van der Waals surface area contributed by atoms with Crippen molar-refractivity contribution in [1.82, 2.24) is 10.6 Å². The molecule has 11 heteroatoms. The Bertz CT molecular complexity index is 824. The number of rotatable bonds is 11. The van der Waals surface area contributed by atoms with Gasteiger partial charge >= 0.3 is 12.1 Å². The minimum absolute atomic E-state index is 0.00179. The monoisotopic (exact) mass is 433 g/mol. The lowest BCUT2D eigenvalue weighted by Gasteiger charge is -2.16. The molecule has 168 valence electrons. The van der Waals surface area contributed by atoms with Gasteiger partial charge in [0.25, 0.3) is 0 Å². The summed E-state index contributed by atoms with van der Waals surface area (Å²) in [5, 5.41) is 21.4. The first-order valence-corrected chi connectivity index (χ1v) is 9.92. The van der Waals surface area contributed by atoms with E-state index in [0.717, 1.165) is 17.5 Å². The minimum Gasteiger partial charge on any atom is -0.480 e. The van der Waals surface area contributed by atoms with Crippen molar-refractivity contribution in [3.05, 3.63) is 35.4 Å². The molecule has 0 saturated carbocycles. The van der Waals surface area contributed by atoms with E-state index in [-0.39, 0.29) is 19.6 Å². The van der Waals surface area contributed by atoms with Gasteiger partial charge in [0, 0.05) is 13.0 Å². The van der Waals surface area contributed by atoms with Gasteiger partial charge in [0.05, 0.1) is 25.0 Å². The maximum absolute atomic E-state index is 12.2. The number of carbonyl (C=O) groups excluding carboxylic acids is 2. The Hall–Kier alpha value is -3.63. The summed E-state index contributed by atoms with van der Waals surface area (Å²) in [6.07, 6.45) is 2.18. The van der Waals surface area contributed by atoms with Gasteiger partial charge in [0.15, 0.2) is 0 Å². The first-order valence-electron chi connectivity index (χ1n) is 9.92. The second-order valence-corrected chi connectivity index (χ2v) is 6.90. The molecule has 5 N–H and O–H groups in total. The molecule has 31 heavy (non-hydrogen) atoms. The summed E-state index contributed by atoms with van der Waals surface area (Å²) < 4.78 is 4.88. The van der Waals surface area contributed by atoms with Crippen LogP contribution in [0.25, 0.3) is 0 Å². The number of amides is 2. The summed E-state index contributed by atoms with van der Waals surface area (Å²) in [7, 11) is 0.